The molecular formula is C10H17N. The van der Waals surface area contributed by atoms with Gasteiger partial charge in [0.15, 0.2) is 0 Å². The molecule has 0 fully saturated rings. The van der Waals surface area contributed by atoms with Crippen molar-refractivity contribution >= 4 is 5.71 Å². The van der Waals surface area contributed by atoms with Crippen molar-refractivity contribution in [1.29, 1.82) is 0 Å². The SMILES string of the molecule is C=CN=C(C=C)/C=C\C.CC. The van der Waals surface area contributed by atoms with E-state index in [1.807, 2.05) is 32.9 Å². The quantitative estimate of drug-likeness (QED) is 0.548. The standard InChI is InChI=1S/C8H11N.C2H6/c1-4-7-8(5-2)9-6-3;1-2/h4-7H,2-3H2,1H3;1-2H3/b7-4-,9-8?;. The van der Waals surface area contributed by atoms with Crippen LogP contribution in [-0.4, -0.2) is 5.71 Å². The Morgan fingerprint density at radius 1 is 1.27 bits per heavy atom. The summed E-state index contributed by atoms with van der Waals surface area (Å²) >= 11 is 0. The van der Waals surface area contributed by atoms with Gasteiger partial charge < -0.3 is 0 Å². The average Bonchev–Trinajstić information content (AvgIpc) is 2.08. The Labute approximate surface area is 69.9 Å². The molecule has 0 aromatic carbocycles. The highest BCUT2D eigenvalue weighted by Gasteiger charge is 1.78. The van der Waals surface area contributed by atoms with Gasteiger partial charge in [-0.25, -0.2) is 0 Å². The van der Waals surface area contributed by atoms with E-state index < -0.39 is 0 Å². The molecule has 11 heavy (non-hydrogen) atoms. The van der Waals surface area contributed by atoms with Crippen molar-refractivity contribution in [3.8, 4) is 0 Å². The molecule has 0 spiro atoms. The predicted molar refractivity (Wildman–Crippen MR) is 54.0 cm³/mol. The van der Waals surface area contributed by atoms with E-state index >= 15 is 0 Å². The van der Waals surface area contributed by atoms with Crippen LogP contribution in [0.25, 0.3) is 0 Å². The lowest BCUT2D eigenvalue weighted by atomic mass is 10.3. The van der Waals surface area contributed by atoms with Crippen LogP contribution in [0.1, 0.15) is 20.8 Å². The molecule has 0 heterocycles. The molecule has 0 rings (SSSR count). The van der Waals surface area contributed by atoms with Gasteiger partial charge in [0.25, 0.3) is 0 Å². The normalized spacial score (nSPS) is 10.3. The molecule has 0 aliphatic rings. The van der Waals surface area contributed by atoms with Gasteiger partial charge in [0.1, 0.15) is 0 Å². The van der Waals surface area contributed by atoms with Gasteiger partial charge >= 0.3 is 0 Å². The molecule has 0 atom stereocenters. The van der Waals surface area contributed by atoms with Crippen molar-refractivity contribution in [2.75, 3.05) is 0 Å². The van der Waals surface area contributed by atoms with Crippen molar-refractivity contribution in [1.82, 2.24) is 0 Å². The third-order valence-electron chi connectivity index (χ3n) is 0.787. The molecule has 1 nitrogen and oxygen atoms in total. The topological polar surface area (TPSA) is 12.4 Å². The summed E-state index contributed by atoms with van der Waals surface area (Å²) in [6.45, 7) is 13.0. The Bertz CT molecular complexity index is 152. The molecule has 0 saturated heterocycles. The highest BCUT2D eigenvalue weighted by atomic mass is 14.7. The number of aliphatic imine (C=N–C) groups is 1. The molecule has 0 saturated carbocycles. The summed E-state index contributed by atoms with van der Waals surface area (Å²) in [7, 11) is 0. The lowest BCUT2D eigenvalue weighted by Gasteiger charge is -1.84. The second-order valence-corrected chi connectivity index (χ2v) is 1.44. The molecule has 0 aromatic rings. The Morgan fingerprint density at radius 3 is 2.09 bits per heavy atom. The first-order valence-corrected chi connectivity index (χ1v) is 3.79. The van der Waals surface area contributed by atoms with Crippen LogP contribution >= 0.6 is 0 Å². The van der Waals surface area contributed by atoms with Crippen molar-refractivity contribution < 1.29 is 0 Å². The summed E-state index contributed by atoms with van der Waals surface area (Å²) in [5.74, 6) is 0. The van der Waals surface area contributed by atoms with E-state index in [4.69, 9.17) is 0 Å². The highest BCUT2D eigenvalue weighted by molar-refractivity contribution is 6.03. The molecular weight excluding hydrogens is 134 g/mol. The van der Waals surface area contributed by atoms with Crippen LogP contribution in [0.5, 0.6) is 0 Å². The van der Waals surface area contributed by atoms with E-state index in [2.05, 4.69) is 18.2 Å². The summed E-state index contributed by atoms with van der Waals surface area (Å²) in [6, 6.07) is 0. The first-order chi connectivity index (χ1) is 5.35. The maximum absolute atomic E-state index is 3.91. The molecule has 1 heteroatoms. The Morgan fingerprint density at radius 2 is 1.82 bits per heavy atom. The van der Waals surface area contributed by atoms with Crippen LogP contribution in [0.15, 0.2) is 42.6 Å². The van der Waals surface area contributed by atoms with Crippen LogP contribution in [0.4, 0.5) is 0 Å². The summed E-state index contributed by atoms with van der Waals surface area (Å²) in [4.78, 5) is 3.91. The molecule has 0 aliphatic carbocycles. The number of hydrogen-bond acceptors (Lipinski definition) is 1. The van der Waals surface area contributed by atoms with Crippen molar-refractivity contribution in [3.63, 3.8) is 0 Å². The van der Waals surface area contributed by atoms with Gasteiger partial charge in [-0.15, -0.1) is 0 Å². The summed E-state index contributed by atoms with van der Waals surface area (Å²) in [5, 5.41) is 0. The van der Waals surface area contributed by atoms with Gasteiger partial charge in [-0.1, -0.05) is 33.1 Å². The minimum atomic E-state index is 0.840. The summed E-state index contributed by atoms with van der Waals surface area (Å²) in [5.41, 5.74) is 0.840. The van der Waals surface area contributed by atoms with E-state index in [1.54, 1.807) is 6.08 Å². The minimum Gasteiger partial charge on any atom is -0.258 e. The predicted octanol–water partition coefficient (Wildman–Crippen LogP) is 3.36. The van der Waals surface area contributed by atoms with Crippen LogP contribution < -0.4 is 0 Å². The summed E-state index contributed by atoms with van der Waals surface area (Å²) < 4.78 is 0. The maximum Gasteiger partial charge on any atom is 0.0620 e. The fourth-order valence-electron chi connectivity index (χ4n) is 0.440. The van der Waals surface area contributed by atoms with Crippen molar-refractivity contribution in [3.05, 3.63) is 37.6 Å². The van der Waals surface area contributed by atoms with Gasteiger partial charge in [0.2, 0.25) is 0 Å². The molecule has 0 unspecified atom stereocenters. The average molecular weight is 151 g/mol. The highest BCUT2D eigenvalue weighted by Crippen LogP contribution is 1.83. The maximum atomic E-state index is 3.91. The van der Waals surface area contributed by atoms with E-state index in [9.17, 15) is 0 Å². The van der Waals surface area contributed by atoms with Gasteiger partial charge in [-0.3, -0.25) is 4.99 Å². The van der Waals surface area contributed by atoms with Gasteiger partial charge in [0, 0.05) is 6.20 Å². The zero-order valence-corrected chi connectivity index (χ0v) is 7.67. The monoisotopic (exact) mass is 151 g/mol. The number of rotatable bonds is 3. The largest absolute Gasteiger partial charge is 0.258 e. The fraction of sp³-hybridized carbons (Fsp3) is 0.300. The fourth-order valence-corrected chi connectivity index (χ4v) is 0.440. The van der Waals surface area contributed by atoms with E-state index in [1.165, 1.54) is 6.20 Å². The van der Waals surface area contributed by atoms with Gasteiger partial charge in [-0.2, -0.15) is 0 Å². The summed E-state index contributed by atoms with van der Waals surface area (Å²) in [6.07, 6.45) is 6.96. The molecule has 0 radical (unpaired) electrons. The van der Waals surface area contributed by atoms with E-state index in [0.717, 1.165) is 5.71 Å². The lowest BCUT2D eigenvalue weighted by molar-refractivity contribution is 1.50. The van der Waals surface area contributed by atoms with Crippen LogP contribution in [0.2, 0.25) is 0 Å². The molecule has 0 amide bonds. The molecule has 62 valence electrons. The number of allylic oxidation sites excluding steroid dienone is 3. The Hall–Kier alpha value is -1.11. The second-order valence-electron chi connectivity index (χ2n) is 1.44. The van der Waals surface area contributed by atoms with Crippen molar-refractivity contribution in [2.24, 2.45) is 4.99 Å². The second kappa shape index (κ2) is 11.7. The first kappa shape index (κ1) is 12.6. The number of hydrogen-bond donors (Lipinski definition) is 0. The van der Waals surface area contributed by atoms with E-state index in [-0.39, 0.29) is 0 Å². The molecule has 0 aromatic heterocycles. The smallest absolute Gasteiger partial charge is 0.0620 e. The molecule has 0 N–H and O–H groups in total. The first-order valence-electron chi connectivity index (χ1n) is 3.79. The van der Waals surface area contributed by atoms with Crippen LogP contribution in [0, 0.1) is 0 Å². The lowest BCUT2D eigenvalue weighted by Crippen LogP contribution is -1.82. The van der Waals surface area contributed by atoms with Gasteiger partial charge in [0.05, 0.1) is 5.71 Å². The van der Waals surface area contributed by atoms with Crippen molar-refractivity contribution in [2.45, 2.75) is 20.8 Å². The van der Waals surface area contributed by atoms with E-state index in [0.29, 0.717) is 0 Å². The van der Waals surface area contributed by atoms with Crippen LogP contribution in [-0.2, 0) is 0 Å². The third kappa shape index (κ3) is 8.89. The third-order valence-corrected chi connectivity index (χ3v) is 0.787. The zero-order valence-electron chi connectivity index (χ0n) is 7.67. The Balaban J connectivity index is 0. The minimum absolute atomic E-state index is 0.840. The molecule has 0 aliphatic heterocycles. The number of nitrogens with zero attached hydrogens (tertiary/aromatic N) is 1. The molecule has 0 bridgehead atoms. The van der Waals surface area contributed by atoms with Gasteiger partial charge in [-0.05, 0) is 19.1 Å². The Kier molecular flexibility index (Phi) is 13.3. The zero-order chi connectivity index (χ0) is 9.11. The van der Waals surface area contributed by atoms with Crippen LogP contribution in [0.3, 0.4) is 0 Å².